The van der Waals surface area contributed by atoms with Crippen molar-refractivity contribution in [3.05, 3.63) is 132 Å². The zero-order valence-electron chi connectivity index (χ0n) is 17.2. The summed E-state index contributed by atoms with van der Waals surface area (Å²) < 4.78 is 0. The summed E-state index contributed by atoms with van der Waals surface area (Å²) in [4.78, 5) is 12.8. The van der Waals surface area contributed by atoms with Crippen LogP contribution >= 0.6 is 0 Å². The molecule has 32 heavy (non-hydrogen) atoms. The van der Waals surface area contributed by atoms with Crippen LogP contribution in [-0.4, -0.2) is 11.1 Å². The van der Waals surface area contributed by atoms with E-state index in [-0.39, 0.29) is 39.0 Å². The average molecular weight is 593 g/mol. The number of carboxylic acid groups (broad SMARTS) is 1. The van der Waals surface area contributed by atoms with E-state index in [9.17, 15) is 9.90 Å². The summed E-state index contributed by atoms with van der Waals surface area (Å²) in [6, 6.07) is 38.3. The Morgan fingerprint density at radius 1 is 0.562 bits per heavy atom. The molecule has 1 N–H and O–H groups in total. The van der Waals surface area contributed by atoms with Gasteiger partial charge in [0.1, 0.15) is 5.41 Å². The molecule has 0 radical (unpaired) electrons. The SMILES string of the molecule is O=C(O)C1(c2ccc(-c3ccccc3)cc2)CC1(c1ccccc1)c1ccccc1.[Ru].[Ru]. The molecule has 1 saturated carbocycles. The van der Waals surface area contributed by atoms with E-state index >= 15 is 0 Å². The normalized spacial score (nSPS) is 18.0. The average Bonchev–Trinajstić information content (AvgIpc) is 3.54. The molecule has 1 unspecified atom stereocenters. The second-order valence-electron chi connectivity index (χ2n) is 7.97. The molecular weight excluding hydrogens is 570 g/mol. The summed E-state index contributed by atoms with van der Waals surface area (Å²) >= 11 is 0. The fraction of sp³-hybridized carbons (Fsp3) is 0.107. The van der Waals surface area contributed by atoms with Crippen LogP contribution in [0.2, 0.25) is 0 Å². The van der Waals surface area contributed by atoms with Crippen LogP contribution in [0.1, 0.15) is 23.1 Å². The fourth-order valence-corrected chi connectivity index (χ4v) is 4.97. The Balaban J connectivity index is 0.00000144. The van der Waals surface area contributed by atoms with Crippen molar-refractivity contribution >= 4 is 5.97 Å². The number of carbonyl (C=O) groups is 1. The molecule has 0 aliphatic heterocycles. The van der Waals surface area contributed by atoms with Gasteiger partial charge in [0.05, 0.1) is 0 Å². The van der Waals surface area contributed by atoms with E-state index in [0.717, 1.165) is 27.8 Å². The summed E-state index contributed by atoms with van der Waals surface area (Å²) in [6.45, 7) is 0. The predicted molar refractivity (Wildman–Crippen MR) is 119 cm³/mol. The second-order valence-corrected chi connectivity index (χ2v) is 7.97. The van der Waals surface area contributed by atoms with Gasteiger partial charge < -0.3 is 5.11 Å². The molecule has 0 saturated heterocycles. The van der Waals surface area contributed by atoms with Crippen molar-refractivity contribution in [3.8, 4) is 11.1 Å². The summed E-state index contributed by atoms with van der Waals surface area (Å²) in [6.07, 6.45) is 0.550. The molecule has 0 bridgehead atoms. The van der Waals surface area contributed by atoms with Gasteiger partial charge in [0.2, 0.25) is 0 Å². The van der Waals surface area contributed by atoms with Crippen LogP contribution < -0.4 is 0 Å². The minimum absolute atomic E-state index is 0. The zero-order valence-corrected chi connectivity index (χ0v) is 20.7. The molecule has 4 aromatic rings. The first-order valence-electron chi connectivity index (χ1n) is 10.2. The third-order valence-electron chi connectivity index (χ3n) is 6.52. The summed E-state index contributed by atoms with van der Waals surface area (Å²) in [5.74, 6) is -0.775. The number of hydrogen-bond acceptors (Lipinski definition) is 1. The third kappa shape index (κ3) is 3.70. The van der Waals surface area contributed by atoms with Crippen molar-refractivity contribution in [3.63, 3.8) is 0 Å². The molecule has 0 spiro atoms. The molecule has 4 aromatic carbocycles. The number of carboxylic acids is 1. The molecule has 1 atom stereocenters. The molecule has 1 aliphatic rings. The van der Waals surface area contributed by atoms with E-state index in [1.54, 1.807) is 0 Å². The molecule has 0 aromatic heterocycles. The Bertz CT molecular complexity index is 1140. The van der Waals surface area contributed by atoms with E-state index in [4.69, 9.17) is 0 Å². The number of rotatable bonds is 5. The van der Waals surface area contributed by atoms with Gasteiger partial charge in [0.25, 0.3) is 0 Å². The topological polar surface area (TPSA) is 37.3 Å². The first-order valence-corrected chi connectivity index (χ1v) is 10.2. The Hall–Kier alpha value is -2.40. The van der Waals surface area contributed by atoms with E-state index in [1.165, 1.54) is 0 Å². The first-order chi connectivity index (χ1) is 14.7. The minimum Gasteiger partial charge on any atom is -0.481 e. The zero-order chi connectivity index (χ0) is 20.6. The maximum atomic E-state index is 12.8. The van der Waals surface area contributed by atoms with Gasteiger partial charge in [-0.25, -0.2) is 0 Å². The van der Waals surface area contributed by atoms with Crippen LogP contribution in [0.15, 0.2) is 115 Å². The van der Waals surface area contributed by atoms with Crippen LogP contribution in [0.3, 0.4) is 0 Å². The molecular formula is C28H22O2Ru2. The van der Waals surface area contributed by atoms with E-state index < -0.39 is 16.8 Å². The standard InChI is InChI=1S/C28H22O2.2Ru/c29-26(30)28(25-18-16-22(17-19-25)21-10-4-1-5-11-21)20-27(28,23-12-6-2-7-13-23)24-14-8-3-9-15-24;;/h1-19H,20H2,(H,29,30);;. The second kappa shape index (κ2) is 9.61. The van der Waals surface area contributed by atoms with Crippen LogP contribution in [-0.2, 0) is 54.6 Å². The largest absolute Gasteiger partial charge is 0.481 e. The summed E-state index contributed by atoms with van der Waals surface area (Å²) in [7, 11) is 0. The van der Waals surface area contributed by atoms with Gasteiger partial charge in [0.15, 0.2) is 0 Å². The smallest absolute Gasteiger partial charge is 0.315 e. The molecule has 5 rings (SSSR count). The van der Waals surface area contributed by atoms with Crippen molar-refractivity contribution < 1.29 is 48.9 Å². The number of benzene rings is 4. The maximum absolute atomic E-state index is 12.8. The van der Waals surface area contributed by atoms with Crippen LogP contribution in [0.25, 0.3) is 11.1 Å². The minimum atomic E-state index is -0.981. The van der Waals surface area contributed by atoms with Crippen molar-refractivity contribution in [1.82, 2.24) is 0 Å². The molecule has 0 heterocycles. The quantitative estimate of drug-likeness (QED) is 0.286. The van der Waals surface area contributed by atoms with Crippen molar-refractivity contribution in [2.45, 2.75) is 17.3 Å². The van der Waals surface area contributed by atoms with Gasteiger partial charge in [-0.2, -0.15) is 0 Å². The summed E-state index contributed by atoms with van der Waals surface area (Å²) in [5.41, 5.74) is 3.60. The van der Waals surface area contributed by atoms with E-state index in [1.807, 2.05) is 78.9 Å². The molecule has 1 fully saturated rings. The van der Waals surface area contributed by atoms with Gasteiger partial charge in [-0.15, -0.1) is 0 Å². The Kier molecular flexibility index (Phi) is 7.28. The molecule has 2 nitrogen and oxygen atoms in total. The van der Waals surface area contributed by atoms with Gasteiger partial charge in [0, 0.05) is 44.4 Å². The Labute approximate surface area is 214 Å². The van der Waals surface area contributed by atoms with Gasteiger partial charge >= 0.3 is 5.97 Å². The fourth-order valence-electron chi connectivity index (χ4n) is 4.97. The van der Waals surface area contributed by atoms with E-state index in [2.05, 4.69) is 36.4 Å². The van der Waals surface area contributed by atoms with Crippen LogP contribution in [0.4, 0.5) is 0 Å². The van der Waals surface area contributed by atoms with Crippen molar-refractivity contribution in [2.75, 3.05) is 0 Å². The summed E-state index contributed by atoms with van der Waals surface area (Å²) in [5, 5.41) is 10.5. The van der Waals surface area contributed by atoms with Gasteiger partial charge in [-0.1, -0.05) is 115 Å². The molecule has 0 amide bonds. The van der Waals surface area contributed by atoms with Crippen molar-refractivity contribution in [1.29, 1.82) is 0 Å². The van der Waals surface area contributed by atoms with Crippen LogP contribution in [0.5, 0.6) is 0 Å². The third-order valence-corrected chi connectivity index (χ3v) is 6.52. The monoisotopic (exact) mass is 594 g/mol. The predicted octanol–water partition coefficient (Wildman–Crippen LogP) is 6.06. The number of aliphatic carboxylic acids is 1. The van der Waals surface area contributed by atoms with E-state index in [0.29, 0.717) is 6.42 Å². The maximum Gasteiger partial charge on any atom is 0.315 e. The Morgan fingerprint density at radius 2 is 0.969 bits per heavy atom. The van der Waals surface area contributed by atoms with Crippen molar-refractivity contribution in [2.24, 2.45) is 0 Å². The van der Waals surface area contributed by atoms with Gasteiger partial charge in [-0.3, -0.25) is 4.79 Å². The molecule has 1 aliphatic carbocycles. The van der Waals surface area contributed by atoms with Gasteiger partial charge in [-0.05, 0) is 34.2 Å². The number of hydrogen-bond donors (Lipinski definition) is 1. The Morgan fingerprint density at radius 3 is 1.41 bits per heavy atom. The molecule has 162 valence electrons. The van der Waals surface area contributed by atoms with Crippen LogP contribution in [0, 0.1) is 0 Å². The molecule has 4 heteroatoms. The first kappa shape index (κ1) is 24.2.